The van der Waals surface area contributed by atoms with Crippen LogP contribution in [0.15, 0.2) is 12.1 Å². The molecule has 0 spiro atoms. The van der Waals surface area contributed by atoms with Gasteiger partial charge in [0.15, 0.2) is 0 Å². The van der Waals surface area contributed by atoms with E-state index in [1.54, 1.807) is 0 Å². The van der Waals surface area contributed by atoms with Crippen molar-refractivity contribution in [1.29, 1.82) is 0 Å². The van der Waals surface area contributed by atoms with E-state index in [0.717, 1.165) is 20.3 Å². The highest BCUT2D eigenvalue weighted by Gasteiger charge is 2.37. The molecule has 1 rings (SSSR count). The first-order valence-corrected chi connectivity index (χ1v) is 4.66. The number of hydrogen-bond donors (Lipinski definition) is 0. The molecule has 0 bridgehead atoms. The zero-order valence-corrected chi connectivity index (χ0v) is 9.51. The molecule has 0 aliphatic carbocycles. The topological polar surface area (TPSA) is 35.5 Å². The molecule has 0 heterocycles. The summed E-state index contributed by atoms with van der Waals surface area (Å²) in [5.74, 6) is -1.13. The summed E-state index contributed by atoms with van der Waals surface area (Å²) in [4.78, 5) is 11.3. The number of rotatable bonds is 2. The van der Waals surface area contributed by atoms with Crippen molar-refractivity contribution in [1.82, 2.24) is 0 Å². The maximum atomic E-state index is 12.8. The van der Waals surface area contributed by atoms with Gasteiger partial charge < -0.3 is 9.47 Å². The summed E-state index contributed by atoms with van der Waals surface area (Å²) >= 11 is 0. The van der Waals surface area contributed by atoms with Crippen LogP contribution < -0.4 is 4.74 Å². The Morgan fingerprint density at radius 2 is 1.82 bits per heavy atom. The van der Waals surface area contributed by atoms with Gasteiger partial charge in [-0.2, -0.15) is 13.2 Å². The van der Waals surface area contributed by atoms with Crippen molar-refractivity contribution >= 4 is 5.97 Å². The predicted molar refractivity (Wildman–Crippen MR) is 54.1 cm³/mol. The van der Waals surface area contributed by atoms with Gasteiger partial charge in [0.25, 0.3) is 0 Å². The molecular formula is C11H11F3O3. The first kappa shape index (κ1) is 13.3. The fourth-order valence-electron chi connectivity index (χ4n) is 1.54. The monoisotopic (exact) mass is 248 g/mol. The summed E-state index contributed by atoms with van der Waals surface area (Å²) in [5.41, 5.74) is -1.28. The minimum absolute atomic E-state index is 0.124. The third-order valence-corrected chi connectivity index (χ3v) is 2.34. The molecule has 0 fully saturated rings. The minimum atomic E-state index is -4.58. The number of methoxy groups -OCH3 is 2. The Morgan fingerprint density at radius 3 is 2.24 bits per heavy atom. The second kappa shape index (κ2) is 4.65. The van der Waals surface area contributed by atoms with Gasteiger partial charge in [-0.05, 0) is 24.6 Å². The first-order valence-electron chi connectivity index (χ1n) is 4.66. The molecule has 0 N–H and O–H groups in total. The van der Waals surface area contributed by atoms with Crippen LogP contribution in [0.1, 0.15) is 21.5 Å². The van der Waals surface area contributed by atoms with E-state index in [9.17, 15) is 18.0 Å². The zero-order chi connectivity index (χ0) is 13.2. The summed E-state index contributed by atoms with van der Waals surface area (Å²) in [6.45, 7) is 1.21. The van der Waals surface area contributed by atoms with E-state index in [0.29, 0.717) is 0 Å². The molecule has 0 saturated carbocycles. The van der Waals surface area contributed by atoms with Gasteiger partial charge in [0.05, 0.1) is 19.8 Å². The van der Waals surface area contributed by atoms with E-state index in [-0.39, 0.29) is 16.9 Å². The highest BCUT2D eigenvalue weighted by molar-refractivity contribution is 5.91. The van der Waals surface area contributed by atoms with Crippen LogP contribution in [0, 0.1) is 6.92 Å². The Hall–Kier alpha value is -1.72. The first-order chi connectivity index (χ1) is 7.82. The van der Waals surface area contributed by atoms with E-state index in [1.165, 1.54) is 13.0 Å². The minimum Gasteiger partial charge on any atom is -0.496 e. The van der Waals surface area contributed by atoms with E-state index >= 15 is 0 Å². The molecule has 6 heteroatoms. The fraction of sp³-hybridized carbons (Fsp3) is 0.364. The van der Waals surface area contributed by atoms with Crippen LogP contribution in [-0.2, 0) is 10.9 Å². The van der Waals surface area contributed by atoms with Crippen molar-refractivity contribution in [2.24, 2.45) is 0 Å². The quantitative estimate of drug-likeness (QED) is 0.755. The number of alkyl halides is 3. The SMILES string of the molecule is COC(=O)c1ccc(OC)c(C(F)(F)F)c1C. The molecule has 0 amide bonds. The molecule has 0 radical (unpaired) electrons. The van der Waals surface area contributed by atoms with Gasteiger partial charge in [0.1, 0.15) is 11.3 Å². The van der Waals surface area contributed by atoms with Crippen LogP contribution in [0.4, 0.5) is 13.2 Å². The Kier molecular flexibility index (Phi) is 3.65. The maximum Gasteiger partial charge on any atom is 0.420 e. The van der Waals surface area contributed by atoms with Crippen LogP contribution in [0.25, 0.3) is 0 Å². The molecule has 0 aliphatic rings. The lowest BCUT2D eigenvalue weighted by molar-refractivity contribution is -0.139. The molecular weight excluding hydrogens is 237 g/mol. The van der Waals surface area contributed by atoms with Crippen LogP contribution in [0.5, 0.6) is 5.75 Å². The van der Waals surface area contributed by atoms with Gasteiger partial charge in [-0.15, -0.1) is 0 Å². The average Bonchev–Trinajstić information content (AvgIpc) is 2.25. The number of ether oxygens (including phenoxy) is 2. The Balaban J connectivity index is 3.49. The summed E-state index contributed by atoms with van der Waals surface area (Å²) in [5, 5.41) is 0. The van der Waals surface area contributed by atoms with Crippen LogP contribution >= 0.6 is 0 Å². The maximum absolute atomic E-state index is 12.8. The molecule has 1 aromatic carbocycles. The van der Waals surface area contributed by atoms with E-state index in [1.807, 2.05) is 0 Å². The summed E-state index contributed by atoms with van der Waals surface area (Å²) in [6, 6.07) is 2.34. The van der Waals surface area contributed by atoms with Crippen molar-refractivity contribution in [3.63, 3.8) is 0 Å². The lowest BCUT2D eigenvalue weighted by atomic mass is 10.0. The second-order valence-electron chi connectivity index (χ2n) is 3.30. The van der Waals surface area contributed by atoms with Gasteiger partial charge in [-0.25, -0.2) is 4.79 Å². The van der Waals surface area contributed by atoms with E-state index in [4.69, 9.17) is 0 Å². The molecule has 3 nitrogen and oxygen atoms in total. The summed E-state index contributed by atoms with van der Waals surface area (Å²) in [7, 11) is 2.25. The number of carbonyl (C=O) groups excluding carboxylic acids is 1. The molecule has 17 heavy (non-hydrogen) atoms. The third kappa shape index (κ3) is 2.51. The van der Waals surface area contributed by atoms with Crippen LogP contribution in [0.3, 0.4) is 0 Å². The van der Waals surface area contributed by atoms with Gasteiger partial charge in [-0.3, -0.25) is 0 Å². The van der Waals surface area contributed by atoms with Gasteiger partial charge in [-0.1, -0.05) is 0 Å². The molecule has 0 saturated heterocycles. The standard InChI is InChI=1S/C11H11F3O3/c1-6-7(10(15)17-3)4-5-8(16-2)9(6)11(12,13)14/h4-5H,1-3H3. The third-order valence-electron chi connectivity index (χ3n) is 2.34. The molecule has 0 aliphatic heterocycles. The Bertz CT molecular complexity index is 438. The Labute approximate surface area is 96.1 Å². The lowest BCUT2D eigenvalue weighted by Crippen LogP contribution is -2.14. The molecule has 1 aromatic rings. The number of carbonyl (C=O) groups is 1. The number of hydrogen-bond acceptors (Lipinski definition) is 3. The highest BCUT2D eigenvalue weighted by atomic mass is 19.4. The number of esters is 1. The molecule has 0 unspecified atom stereocenters. The summed E-state index contributed by atoms with van der Waals surface area (Å²) in [6.07, 6.45) is -4.58. The van der Waals surface area contributed by atoms with Gasteiger partial charge >= 0.3 is 12.1 Å². The predicted octanol–water partition coefficient (Wildman–Crippen LogP) is 2.81. The van der Waals surface area contributed by atoms with Crippen molar-refractivity contribution < 1.29 is 27.4 Å². The van der Waals surface area contributed by atoms with E-state index in [2.05, 4.69) is 9.47 Å². The zero-order valence-electron chi connectivity index (χ0n) is 9.51. The van der Waals surface area contributed by atoms with Crippen molar-refractivity contribution in [3.05, 3.63) is 28.8 Å². The molecule has 0 atom stereocenters. The number of halogens is 3. The summed E-state index contributed by atoms with van der Waals surface area (Å²) < 4.78 is 47.5. The largest absolute Gasteiger partial charge is 0.496 e. The van der Waals surface area contributed by atoms with Crippen LogP contribution in [0.2, 0.25) is 0 Å². The number of benzene rings is 1. The average molecular weight is 248 g/mol. The van der Waals surface area contributed by atoms with Crippen molar-refractivity contribution in [2.45, 2.75) is 13.1 Å². The molecule has 0 aromatic heterocycles. The molecule has 94 valence electrons. The Morgan fingerprint density at radius 1 is 1.24 bits per heavy atom. The fourth-order valence-corrected chi connectivity index (χ4v) is 1.54. The van der Waals surface area contributed by atoms with Crippen LogP contribution in [-0.4, -0.2) is 20.2 Å². The highest BCUT2D eigenvalue weighted by Crippen LogP contribution is 2.39. The van der Waals surface area contributed by atoms with E-state index < -0.39 is 17.7 Å². The van der Waals surface area contributed by atoms with Crippen molar-refractivity contribution in [3.8, 4) is 5.75 Å². The van der Waals surface area contributed by atoms with Gasteiger partial charge in [0, 0.05) is 0 Å². The van der Waals surface area contributed by atoms with Gasteiger partial charge in [0.2, 0.25) is 0 Å². The normalized spacial score (nSPS) is 11.2. The van der Waals surface area contributed by atoms with Crippen molar-refractivity contribution in [2.75, 3.05) is 14.2 Å². The smallest absolute Gasteiger partial charge is 0.420 e. The second-order valence-corrected chi connectivity index (χ2v) is 3.30. The lowest BCUT2D eigenvalue weighted by Gasteiger charge is -2.16.